The van der Waals surface area contributed by atoms with Crippen LogP contribution in [0, 0.1) is 6.92 Å². The van der Waals surface area contributed by atoms with Gasteiger partial charge in [-0.3, -0.25) is 9.59 Å². The fraction of sp³-hybridized carbons (Fsp3) is 0.417. The van der Waals surface area contributed by atoms with E-state index in [2.05, 4.69) is 52.4 Å². The normalized spacial score (nSPS) is 12.8. The molecule has 0 aliphatic carbocycles. The van der Waals surface area contributed by atoms with Gasteiger partial charge in [0.1, 0.15) is 6.04 Å². The zero-order valence-electron chi connectivity index (χ0n) is 18.2. The Labute approximate surface area is 192 Å². The third-order valence-corrected chi connectivity index (χ3v) is 6.58. The fourth-order valence-electron chi connectivity index (χ4n) is 2.87. The van der Waals surface area contributed by atoms with Crippen LogP contribution < -0.4 is 5.32 Å². The van der Waals surface area contributed by atoms with Crippen LogP contribution in [-0.2, 0) is 16.1 Å². The van der Waals surface area contributed by atoms with Crippen molar-refractivity contribution in [1.82, 2.24) is 10.2 Å². The molecule has 0 aliphatic rings. The van der Waals surface area contributed by atoms with Gasteiger partial charge >= 0.3 is 0 Å². The number of benzene rings is 2. The number of rotatable bonds is 10. The molecule has 0 saturated carbocycles. The van der Waals surface area contributed by atoms with Crippen LogP contribution in [-0.4, -0.2) is 34.6 Å². The molecule has 0 radical (unpaired) electrons. The molecule has 0 bridgehead atoms. The largest absolute Gasteiger partial charge is 0.352 e. The van der Waals surface area contributed by atoms with E-state index >= 15 is 0 Å². The molecule has 2 aromatic carbocycles. The molecule has 2 atom stereocenters. The summed E-state index contributed by atoms with van der Waals surface area (Å²) in [6.45, 7) is 8.29. The number of carbonyl (C=O) groups excluding carboxylic acids is 2. The van der Waals surface area contributed by atoms with Crippen LogP contribution in [0.2, 0.25) is 0 Å². The van der Waals surface area contributed by atoms with E-state index < -0.39 is 6.04 Å². The Bertz CT molecular complexity index is 824. The van der Waals surface area contributed by atoms with Crippen LogP contribution in [0.1, 0.15) is 44.7 Å². The standard InChI is InChI=1S/C24H31BrN2O2S/c1-5-18(3)26-24(29)19(4)27(16-20-8-10-21(25)11-9-20)23(28)14-15-30-22-12-6-17(2)7-13-22/h6-13,18-19H,5,14-16H2,1-4H3,(H,26,29)/t18-,19+/m1/s1. The Hall–Kier alpha value is -1.79. The number of hydrogen-bond acceptors (Lipinski definition) is 3. The SMILES string of the molecule is CC[C@@H](C)NC(=O)[C@H](C)N(Cc1ccc(Br)cc1)C(=O)CCSc1ccc(C)cc1. The molecule has 30 heavy (non-hydrogen) atoms. The van der Waals surface area contributed by atoms with Gasteiger partial charge < -0.3 is 10.2 Å². The Morgan fingerprint density at radius 1 is 1.07 bits per heavy atom. The summed E-state index contributed by atoms with van der Waals surface area (Å²) in [5, 5.41) is 3.00. The van der Waals surface area contributed by atoms with Crippen LogP contribution in [0.15, 0.2) is 57.9 Å². The number of aryl methyl sites for hydroxylation is 1. The number of hydrogen-bond donors (Lipinski definition) is 1. The number of amides is 2. The lowest BCUT2D eigenvalue weighted by Gasteiger charge is -2.29. The lowest BCUT2D eigenvalue weighted by Crippen LogP contribution is -2.49. The first-order chi connectivity index (χ1) is 14.3. The molecule has 0 spiro atoms. The van der Waals surface area contributed by atoms with Gasteiger partial charge in [0.05, 0.1) is 0 Å². The average Bonchev–Trinajstić information content (AvgIpc) is 2.74. The van der Waals surface area contributed by atoms with Gasteiger partial charge in [0.15, 0.2) is 0 Å². The predicted octanol–water partition coefficient (Wildman–Crippen LogP) is 5.57. The quantitative estimate of drug-likeness (QED) is 0.442. The molecular weight excluding hydrogens is 460 g/mol. The van der Waals surface area contributed by atoms with Crippen molar-refractivity contribution >= 4 is 39.5 Å². The second kappa shape index (κ2) is 12.2. The van der Waals surface area contributed by atoms with Gasteiger partial charge in [-0.15, -0.1) is 11.8 Å². The highest BCUT2D eigenvalue weighted by molar-refractivity contribution is 9.10. The number of nitrogens with one attached hydrogen (secondary N) is 1. The zero-order valence-corrected chi connectivity index (χ0v) is 20.6. The summed E-state index contributed by atoms with van der Waals surface area (Å²) in [7, 11) is 0. The Kier molecular flexibility index (Phi) is 9.92. The van der Waals surface area contributed by atoms with E-state index in [9.17, 15) is 9.59 Å². The topological polar surface area (TPSA) is 49.4 Å². The molecule has 0 fully saturated rings. The van der Waals surface area contributed by atoms with E-state index in [1.807, 2.05) is 45.0 Å². The van der Waals surface area contributed by atoms with Crippen molar-refractivity contribution in [3.63, 3.8) is 0 Å². The van der Waals surface area contributed by atoms with Crippen molar-refractivity contribution in [2.75, 3.05) is 5.75 Å². The maximum Gasteiger partial charge on any atom is 0.242 e. The smallest absolute Gasteiger partial charge is 0.242 e. The first kappa shape index (κ1) is 24.5. The van der Waals surface area contributed by atoms with Gasteiger partial charge in [0.25, 0.3) is 0 Å². The molecular formula is C24H31BrN2O2S. The highest BCUT2D eigenvalue weighted by Gasteiger charge is 2.26. The highest BCUT2D eigenvalue weighted by atomic mass is 79.9. The predicted molar refractivity (Wildman–Crippen MR) is 129 cm³/mol. The molecule has 2 rings (SSSR count). The van der Waals surface area contributed by atoms with E-state index in [1.165, 1.54) is 5.56 Å². The van der Waals surface area contributed by atoms with Crippen LogP contribution in [0.5, 0.6) is 0 Å². The maximum atomic E-state index is 13.1. The summed E-state index contributed by atoms with van der Waals surface area (Å²) in [4.78, 5) is 28.6. The van der Waals surface area contributed by atoms with Gasteiger partial charge in [0.2, 0.25) is 11.8 Å². The molecule has 2 aromatic rings. The fourth-order valence-corrected chi connectivity index (χ4v) is 3.97. The van der Waals surface area contributed by atoms with Crippen molar-refractivity contribution in [3.8, 4) is 0 Å². The summed E-state index contributed by atoms with van der Waals surface area (Å²) in [5.74, 6) is 0.559. The molecule has 2 amide bonds. The van der Waals surface area contributed by atoms with Crippen LogP contribution >= 0.6 is 27.7 Å². The van der Waals surface area contributed by atoms with E-state index in [0.717, 1.165) is 21.4 Å². The minimum Gasteiger partial charge on any atom is -0.352 e. The average molecular weight is 491 g/mol. The van der Waals surface area contributed by atoms with E-state index in [0.29, 0.717) is 18.7 Å². The molecule has 0 heterocycles. The summed E-state index contributed by atoms with van der Waals surface area (Å²) in [6.07, 6.45) is 1.24. The first-order valence-corrected chi connectivity index (χ1v) is 12.1. The summed E-state index contributed by atoms with van der Waals surface area (Å²) >= 11 is 5.10. The molecule has 162 valence electrons. The van der Waals surface area contributed by atoms with Gasteiger partial charge in [-0.1, -0.05) is 52.7 Å². The molecule has 4 nitrogen and oxygen atoms in total. The van der Waals surface area contributed by atoms with E-state index in [4.69, 9.17) is 0 Å². The van der Waals surface area contributed by atoms with Gasteiger partial charge in [-0.05, 0) is 57.0 Å². The maximum absolute atomic E-state index is 13.1. The molecule has 1 N–H and O–H groups in total. The number of nitrogens with zero attached hydrogens (tertiary/aromatic N) is 1. The monoisotopic (exact) mass is 490 g/mol. The van der Waals surface area contributed by atoms with E-state index in [-0.39, 0.29) is 17.9 Å². The molecule has 0 aromatic heterocycles. The van der Waals surface area contributed by atoms with Crippen molar-refractivity contribution < 1.29 is 9.59 Å². The molecule has 6 heteroatoms. The first-order valence-electron chi connectivity index (χ1n) is 10.3. The summed E-state index contributed by atoms with van der Waals surface area (Å²) in [6, 6.07) is 15.7. The summed E-state index contributed by atoms with van der Waals surface area (Å²) in [5.41, 5.74) is 2.22. The minimum absolute atomic E-state index is 0.00988. The van der Waals surface area contributed by atoms with Crippen molar-refractivity contribution in [2.45, 2.75) is 64.1 Å². The highest BCUT2D eigenvalue weighted by Crippen LogP contribution is 2.21. The third-order valence-electron chi connectivity index (χ3n) is 5.04. The minimum atomic E-state index is -0.528. The Morgan fingerprint density at radius 3 is 2.30 bits per heavy atom. The second-order valence-corrected chi connectivity index (χ2v) is 9.64. The van der Waals surface area contributed by atoms with Crippen LogP contribution in [0.4, 0.5) is 0 Å². The molecule has 0 saturated heterocycles. The number of thioether (sulfide) groups is 1. The van der Waals surface area contributed by atoms with E-state index in [1.54, 1.807) is 16.7 Å². The number of carbonyl (C=O) groups is 2. The summed E-state index contributed by atoms with van der Waals surface area (Å²) < 4.78 is 0.987. The van der Waals surface area contributed by atoms with Crippen LogP contribution in [0.3, 0.4) is 0 Å². The Balaban J connectivity index is 2.06. The number of halogens is 1. The van der Waals surface area contributed by atoms with Gasteiger partial charge in [-0.2, -0.15) is 0 Å². The lowest BCUT2D eigenvalue weighted by atomic mass is 10.1. The molecule has 0 aliphatic heterocycles. The van der Waals surface area contributed by atoms with Crippen molar-refractivity contribution in [3.05, 3.63) is 64.1 Å². The second-order valence-electron chi connectivity index (χ2n) is 7.55. The lowest BCUT2D eigenvalue weighted by molar-refractivity contribution is -0.140. The Morgan fingerprint density at radius 2 is 1.70 bits per heavy atom. The van der Waals surface area contributed by atoms with Crippen LogP contribution in [0.25, 0.3) is 0 Å². The molecule has 0 unspecified atom stereocenters. The van der Waals surface area contributed by atoms with Gasteiger partial charge in [0, 0.05) is 34.1 Å². The van der Waals surface area contributed by atoms with Gasteiger partial charge in [-0.25, -0.2) is 0 Å². The van der Waals surface area contributed by atoms with Crippen molar-refractivity contribution in [2.24, 2.45) is 0 Å². The third kappa shape index (κ3) is 7.80. The van der Waals surface area contributed by atoms with Crippen molar-refractivity contribution in [1.29, 1.82) is 0 Å². The zero-order chi connectivity index (χ0) is 22.1.